The highest BCUT2D eigenvalue weighted by molar-refractivity contribution is 7.16. The van der Waals surface area contributed by atoms with Crippen molar-refractivity contribution in [1.82, 2.24) is 19.9 Å². The second-order valence-electron chi connectivity index (χ2n) is 3.89. The molecule has 0 saturated heterocycles. The molecule has 3 heterocycles. The van der Waals surface area contributed by atoms with Crippen LogP contribution in [0.5, 0.6) is 0 Å². The number of hydrogen-bond donors (Lipinski definition) is 3. The molecule has 3 aromatic heterocycles. The Morgan fingerprint density at radius 2 is 2.17 bits per heavy atom. The molecule has 0 bridgehead atoms. The number of aromatic nitrogens is 4. The molecule has 0 atom stereocenters. The summed E-state index contributed by atoms with van der Waals surface area (Å²) in [5.41, 5.74) is 13.9. The number of imidazole rings is 1. The molecule has 6 nitrogen and oxygen atoms in total. The van der Waals surface area contributed by atoms with E-state index in [0.717, 1.165) is 17.0 Å². The molecule has 0 aliphatic carbocycles. The molecule has 7 heteroatoms. The van der Waals surface area contributed by atoms with E-state index in [0.29, 0.717) is 22.8 Å². The lowest BCUT2D eigenvalue weighted by Crippen LogP contribution is -1.91. The van der Waals surface area contributed by atoms with Crippen LogP contribution < -0.4 is 11.5 Å². The van der Waals surface area contributed by atoms with Crippen molar-refractivity contribution in [3.63, 3.8) is 0 Å². The van der Waals surface area contributed by atoms with Gasteiger partial charge < -0.3 is 16.5 Å². The average Bonchev–Trinajstić information content (AvgIpc) is 2.93. The molecular formula is C11H12N6S. The molecule has 5 N–H and O–H groups in total. The number of aromatic amines is 1. The number of thiophene rings is 1. The SMILES string of the molecule is CCc1cc(-c2nc3ncnc(N)c3[nH]2)c(N)s1. The van der Waals surface area contributed by atoms with Crippen molar-refractivity contribution in [2.24, 2.45) is 0 Å². The van der Waals surface area contributed by atoms with E-state index in [2.05, 4.69) is 26.9 Å². The van der Waals surface area contributed by atoms with Gasteiger partial charge in [0.15, 0.2) is 11.5 Å². The molecule has 0 aliphatic heterocycles. The van der Waals surface area contributed by atoms with E-state index < -0.39 is 0 Å². The third-order valence-corrected chi connectivity index (χ3v) is 3.84. The van der Waals surface area contributed by atoms with E-state index in [-0.39, 0.29) is 0 Å². The largest absolute Gasteiger partial charge is 0.390 e. The standard InChI is InChI=1S/C11H12N6S/c1-2-5-3-6(9(13)18-5)10-16-7-8(12)14-4-15-11(7)17-10/h3-4H,2,13H2,1H3,(H3,12,14,15,16,17). The number of nitrogens with zero attached hydrogens (tertiary/aromatic N) is 3. The quantitative estimate of drug-likeness (QED) is 0.651. The van der Waals surface area contributed by atoms with Crippen LogP contribution in [0.2, 0.25) is 0 Å². The van der Waals surface area contributed by atoms with Gasteiger partial charge in [0.2, 0.25) is 0 Å². The highest BCUT2D eigenvalue weighted by Crippen LogP contribution is 2.33. The zero-order valence-corrected chi connectivity index (χ0v) is 10.6. The number of H-pyrrole nitrogens is 1. The van der Waals surface area contributed by atoms with Crippen LogP contribution in [-0.2, 0) is 6.42 Å². The highest BCUT2D eigenvalue weighted by Gasteiger charge is 2.13. The van der Waals surface area contributed by atoms with E-state index in [1.807, 2.05) is 6.07 Å². The molecule has 0 spiro atoms. The maximum atomic E-state index is 6.00. The lowest BCUT2D eigenvalue weighted by atomic mass is 10.2. The summed E-state index contributed by atoms with van der Waals surface area (Å²) in [6, 6.07) is 2.04. The normalized spacial score (nSPS) is 11.2. The van der Waals surface area contributed by atoms with Gasteiger partial charge in [-0.2, -0.15) is 0 Å². The monoisotopic (exact) mass is 260 g/mol. The van der Waals surface area contributed by atoms with E-state index in [1.165, 1.54) is 11.2 Å². The van der Waals surface area contributed by atoms with Crippen LogP contribution in [0.25, 0.3) is 22.6 Å². The summed E-state index contributed by atoms with van der Waals surface area (Å²) in [5, 5.41) is 0.748. The summed E-state index contributed by atoms with van der Waals surface area (Å²) < 4.78 is 0. The van der Waals surface area contributed by atoms with Gasteiger partial charge in [-0.15, -0.1) is 11.3 Å². The molecule has 0 aliphatic rings. The topological polar surface area (TPSA) is 106 Å². The van der Waals surface area contributed by atoms with E-state index in [4.69, 9.17) is 11.5 Å². The predicted octanol–water partition coefficient (Wildman–Crippen LogP) is 1.81. The van der Waals surface area contributed by atoms with Gasteiger partial charge in [-0.05, 0) is 12.5 Å². The molecule has 0 radical (unpaired) electrons. The first-order chi connectivity index (χ1) is 8.69. The van der Waals surface area contributed by atoms with Crippen molar-refractivity contribution >= 4 is 33.3 Å². The third-order valence-electron chi connectivity index (χ3n) is 2.73. The fourth-order valence-corrected chi connectivity index (χ4v) is 2.66. The maximum Gasteiger partial charge on any atom is 0.183 e. The van der Waals surface area contributed by atoms with Gasteiger partial charge in [-0.1, -0.05) is 6.92 Å². The second kappa shape index (κ2) is 3.95. The van der Waals surface area contributed by atoms with Gasteiger partial charge in [0.25, 0.3) is 0 Å². The van der Waals surface area contributed by atoms with Crippen molar-refractivity contribution in [3.8, 4) is 11.4 Å². The van der Waals surface area contributed by atoms with Gasteiger partial charge in [0.05, 0.1) is 10.6 Å². The number of nitrogens with two attached hydrogens (primary N) is 2. The van der Waals surface area contributed by atoms with Crippen LogP contribution in [0.1, 0.15) is 11.8 Å². The first-order valence-electron chi connectivity index (χ1n) is 5.53. The Morgan fingerprint density at radius 1 is 1.33 bits per heavy atom. The minimum atomic E-state index is 0.392. The Balaban J connectivity index is 2.19. The number of anilines is 2. The number of fused-ring (bicyclic) bond motifs is 1. The molecule has 18 heavy (non-hydrogen) atoms. The van der Waals surface area contributed by atoms with Crippen molar-refractivity contribution in [2.45, 2.75) is 13.3 Å². The number of nitrogen functional groups attached to an aromatic ring is 2. The fraction of sp³-hybridized carbons (Fsp3) is 0.182. The van der Waals surface area contributed by atoms with Crippen LogP contribution in [-0.4, -0.2) is 19.9 Å². The molecular weight excluding hydrogens is 248 g/mol. The minimum absolute atomic E-state index is 0.392. The summed E-state index contributed by atoms with van der Waals surface area (Å²) in [6.07, 6.45) is 2.35. The van der Waals surface area contributed by atoms with E-state index >= 15 is 0 Å². The average molecular weight is 260 g/mol. The number of hydrogen-bond acceptors (Lipinski definition) is 6. The molecule has 0 unspecified atom stereocenters. The smallest absolute Gasteiger partial charge is 0.183 e. The Bertz CT molecular complexity index is 713. The van der Waals surface area contributed by atoms with Crippen LogP contribution in [0.4, 0.5) is 10.8 Å². The van der Waals surface area contributed by atoms with Crippen molar-refractivity contribution < 1.29 is 0 Å². The first kappa shape index (κ1) is 11.0. The Hall–Kier alpha value is -2.15. The molecule has 3 aromatic rings. The number of nitrogens with one attached hydrogen (secondary N) is 1. The number of aryl methyl sites for hydroxylation is 1. The second-order valence-corrected chi connectivity index (χ2v) is 5.06. The molecule has 92 valence electrons. The van der Waals surface area contributed by atoms with Crippen molar-refractivity contribution in [1.29, 1.82) is 0 Å². The summed E-state index contributed by atoms with van der Waals surface area (Å²) in [6.45, 7) is 2.09. The lowest BCUT2D eigenvalue weighted by Gasteiger charge is -1.92. The first-order valence-corrected chi connectivity index (χ1v) is 6.35. The molecule has 3 rings (SSSR count). The molecule has 0 amide bonds. The zero-order chi connectivity index (χ0) is 12.7. The van der Waals surface area contributed by atoms with Gasteiger partial charge >= 0.3 is 0 Å². The summed E-state index contributed by atoms with van der Waals surface area (Å²) in [7, 11) is 0. The van der Waals surface area contributed by atoms with Crippen molar-refractivity contribution in [3.05, 3.63) is 17.3 Å². The van der Waals surface area contributed by atoms with E-state index in [9.17, 15) is 0 Å². The molecule has 0 saturated carbocycles. The van der Waals surface area contributed by atoms with Crippen LogP contribution in [0.15, 0.2) is 12.4 Å². The van der Waals surface area contributed by atoms with Crippen molar-refractivity contribution in [2.75, 3.05) is 11.5 Å². The van der Waals surface area contributed by atoms with Gasteiger partial charge in [0.1, 0.15) is 17.7 Å². The molecule has 0 fully saturated rings. The summed E-state index contributed by atoms with van der Waals surface area (Å²) in [4.78, 5) is 16.7. The zero-order valence-electron chi connectivity index (χ0n) is 9.77. The Morgan fingerprint density at radius 3 is 2.83 bits per heavy atom. The minimum Gasteiger partial charge on any atom is -0.390 e. The number of rotatable bonds is 2. The maximum absolute atomic E-state index is 6.00. The van der Waals surface area contributed by atoms with Crippen LogP contribution in [0.3, 0.4) is 0 Å². The highest BCUT2D eigenvalue weighted by atomic mass is 32.1. The predicted molar refractivity (Wildman–Crippen MR) is 73.2 cm³/mol. The Labute approximate surface area is 107 Å². The van der Waals surface area contributed by atoms with E-state index in [1.54, 1.807) is 11.3 Å². The Kier molecular flexibility index (Phi) is 2.41. The van der Waals surface area contributed by atoms with Gasteiger partial charge in [-0.3, -0.25) is 0 Å². The van der Waals surface area contributed by atoms with Crippen LogP contribution in [0, 0.1) is 0 Å². The molecule has 0 aromatic carbocycles. The van der Waals surface area contributed by atoms with Crippen LogP contribution >= 0.6 is 11.3 Å². The summed E-state index contributed by atoms with van der Waals surface area (Å²) in [5.74, 6) is 1.08. The summed E-state index contributed by atoms with van der Waals surface area (Å²) >= 11 is 1.57. The van der Waals surface area contributed by atoms with Gasteiger partial charge in [-0.25, -0.2) is 15.0 Å². The fourth-order valence-electron chi connectivity index (χ4n) is 1.79. The lowest BCUT2D eigenvalue weighted by molar-refractivity contribution is 1.18. The van der Waals surface area contributed by atoms with Gasteiger partial charge in [0, 0.05) is 4.88 Å². The third kappa shape index (κ3) is 1.60.